The van der Waals surface area contributed by atoms with E-state index in [1.54, 1.807) is 6.20 Å². The normalized spacial score (nSPS) is 15.8. The first-order valence-electron chi connectivity index (χ1n) is 9.51. The number of aromatic nitrogens is 4. The van der Waals surface area contributed by atoms with Gasteiger partial charge in [-0.1, -0.05) is 5.16 Å². The Bertz CT molecular complexity index is 1130. The van der Waals surface area contributed by atoms with Crippen molar-refractivity contribution < 1.29 is 26.8 Å². The van der Waals surface area contributed by atoms with Gasteiger partial charge in [0.1, 0.15) is 28.8 Å². The van der Waals surface area contributed by atoms with Crippen molar-refractivity contribution in [3.63, 3.8) is 0 Å². The second kappa shape index (κ2) is 9.04. The van der Waals surface area contributed by atoms with Crippen LogP contribution in [0.3, 0.4) is 0 Å². The van der Waals surface area contributed by atoms with Gasteiger partial charge in [0.25, 0.3) is 5.89 Å². The Morgan fingerprint density at radius 2 is 2.06 bits per heavy atom. The van der Waals surface area contributed by atoms with Crippen LogP contribution in [0.2, 0.25) is 0 Å². The molecule has 3 aromatic rings. The first-order chi connectivity index (χ1) is 15.0. The summed E-state index contributed by atoms with van der Waals surface area (Å²) in [6.07, 6.45) is 5.38. The minimum Gasteiger partial charge on any atom is -0.495 e. The van der Waals surface area contributed by atoms with Crippen molar-refractivity contribution in [2.45, 2.75) is 30.4 Å². The summed E-state index contributed by atoms with van der Waals surface area (Å²) in [6, 6.07) is 3.43. The van der Waals surface area contributed by atoms with Crippen molar-refractivity contribution in [3.05, 3.63) is 48.5 Å². The molecule has 1 aliphatic rings. The molecule has 0 amide bonds. The zero-order valence-electron chi connectivity index (χ0n) is 16.6. The van der Waals surface area contributed by atoms with Gasteiger partial charge in [-0.05, 0) is 31.0 Å². The molecule has 3 heterocycles. The van der Waals surface area contributed by atoms with E-state index in [0.29, 0.717) is 30.3 Å². The van der Waals surface area contributed by atoms with Gasteiger partial charge in [-0.2, -0.15) is 9.29 Å². The summed E-state index contributed by atoms with van der Waals surface area (Å²) in [5.74, 6) is 0.0740. The maximum Gasteiger partial charge on any atom is 0.253 e. The van der Waals surface area contributed by atoms with Crippen molar-refractivity contribution in [2.24, 2.45) is 0 Å². The summed E-state index contributed by atoms with van der Waals surface area (Å²) < 4.78 is 56.9. The molecule has 0 N–H and O–H groups in total. The van der Waals surface area contributed by atoms with E-state index in [9.17, 15) is 12.8 Å². The monoisotopic (exact) mass is 449 g/mol. The molecule has 1 fully saturated rings. The molecule has 164 valence electrons. The Hall–Kier alpha value is -2.96. The molecule has 0 unspecified atom stereocenters. The Kier molecular flexibility index (Phi) is 6.20. The Balaban J connectivity index is 1.34. The fourth-order valence-corrected chi connectivity index (χ4v) is 4.89. The fourth-order valence-electron chi connectivity index (χ4n) is 3.25. The van der Waals surface area contributed by atoms with Crippen molar-refractivity contribution in [3.8, 4) is 17.3 Å². The molecule has 10 nitrogen and oxygen atoms in total. The van der Waals surface area contributed by atoms with Gasteiger partial charge in [-0.3, -0.25) is 4.98 Å². The van der Waals surface area contributed by atoms with Gasteiger partial charge in [0.15, 0.2) is 0 Å². The number of nitrogens with zero attached hydrogens (tertiary/aromatic N) is 5. The second-order valence-electron chi connectivity index (χ2n) is 6.81. The van der Waals surface area contributed by atoms with Crippen LogP contribution in [-0.2, 0) is 21.4 Å². The molecular weight excluding hydrogens is 429 g/mol. The molecule has 0 spiro atoms. The highest BCUT2D eigenvalue weighted by Crippen LogP contribution is 2.29. The lowest BCUT2D eigenvalue weighted by molar-refractivity contribution is -0.00120. The smallest absolute Gasteiger partial charge is 0.253 e. The largest absolute Gasteiger partial charge is 0.495 e. The lowest BCUT2D eigenvalue weighted by atomic mass is 10.1. The number of hydrogen-bond acceptors (Lipinski definition) is 9. The van der Waals surface area contributed by atoms with Gasteiger partial charge >= 0.3 is 0 Å². The molecule has 0 radical (unpaired) electrons. The first kappa shape index (κ1) is 21.3. The topological polar surface area (TPSA) is 121 Å². The quantitative estimate of drug-likeness (QED) is 0.533. The molecule has 0 atom stereocenters. The Labute approximate surface area is 178 Å². The summed E-state index contributed by atoms with van der Waals surface area (Å²) in [7, 11) is -2.54. The zero-order chi connectivity index (χ0) is 21.8. The number of methoxy groups -OCH3 is 1. The van der Waals surface area contributed by atoms with Gasteiger partial charge in [-0.15, -0.1) is 0 Å². The number of benzene rings is 1. The molecule has 0 saturated carbocycles. The third-order valence-corrected chi connectivity index (χ3v) is 6.77. The number of hydrogen-bond donors (Lipinski definition) is 0. The second-order valence-corrected chi connectivity index (χ2v) is 8.72. The van der Waals surface area contributed by atoms with Crippen LogP contribution in [0.4, 0.5) is 4.39 Å². The minimum atomic E-state index is -3.89. The van der Waals surface area contributed by atoms with E-state index in [1.165, 1.54) is 29.9 Å². The maximum absolute atomic E-state index is 13.6. The molecule has 0 aliphatic carbocycles. The average Bonchev–Trinajstić information content (AvgIpc) is 3.28. The third kappa shape index (κ3) is 4.70. The lowest BCUT2D eigenvalue weighted by Crippen LogP contribution is -2.40. The van der Waals surface area contributed by atoms with E-state index >= 15 is 0 Å². The molecule has 1 aromatic carbocycles. The lowest BCUT2D eigenvalue weighted by Gasteiger charge is -2.31. The van der Waals surface area contributed by atoms with Crippen molar-refractivity contribution in [2.75, 3.05) is 20.2 Å². The van der Waals surface area contributed by atoms with E-state index in [4.69, 9.17) is 14.0 Å². The zero-order valence-corrected chi connectivity index (χ0v) is 17.5. The fraction of sp³-hybridized carbons (Fsp3) is 0.368. The van der Waals surface area contributed by atoms with Crippen LogP contribution in [-0.4, -0.2) is 59.1 Å². The van der Waals surface area contributed by atoms with Crippen molar-refractivity contribution >= 4 is 10.0 Å². The molecule has 0 bridgehead atoms. The molecule has 1 aliphatic heterocycles. The van der Waals surface area contributed by atoms with E-state index in [1.807, 2.05) is 0 Å². The summed E-state index contributed by atoms with van der Waals surface area (Å²) in [5, 5.41) is 3.85. The SMILES string of the molecule is COc1ccc(F)cc1S(=O)(=O)N1CCC(OCc2nc(-c3cnccn3)no2)CC1. The van der Waals surface area contributed by atoms with Gasteiger partial charge in [0.05, 0.1) is 19.4 Å². The van der Waals surface area contributed by atoms with Crippen LogP contribution in [0.15, 0.2) is 46.2 Å². The predicted octanol–water partition coefficient (Wildman–Crippen LogP) is 2.04. The van der Waals surface area contributed by atoms with Crippen LogP contribution >= 0.6 is 0 Å². The minimum absolute atomic E-state index is 0.0996. The number of piperidine rings is 1. The van der Waals surface area contributed by atoms with Crippen LogP contribution in [0.1, 0.15) is 18.7 Å². The molecule has 12 heteroatoms. The van der Waals surface area contributed by atoms with Crippen molar-refractivity contribution in [1.29, 1.82) is 0 Å². The molecule has 31 heavy (non-hydrogen) atoms. The number of halogens is 1. The van der Waals surface area contributed by atoms with Crippen LogP contribution in [0.5, 0.6) is 5.75 Å². The molecule has 4 rings (SSSR count). The van der Waals surface area contributed by atoms with Gasteiger partial charge < -0.3 is 14.0 Å². The van der Waals surface area contributed by atoms with Gasteiger partial charge in [0, 0.05) is 25.5 Å². The summed E-state index contributed by atoms with van der Waals surface area (Å²) in [5.41, 5.74) is 0.490. The van der Waals surface area contributed by atoms with Gasteiger partial charge in [-0.25, -0.2) is 17.8 Å². The van der Waals surface area contributed by atoms with Crippen molar-refractivity contribution in [1.82, 2.24) is 24.4 Å². The van der Waals surface area contributed by atoms with Crippen LogP contribution < -0.4 is 4.74 Å². The molecule has 2 aromatic heterocycles. The highest BCUT2D eigenvalue weighted by atomic mass is 32.2. The highest BCUT2D eigenvalue weighted by molar-refractivity contribution is 7.89. The van der Waals surface area contributed by atoms with Crippen LogP contribution in [0.25, 0.3) is 11.5 Å². The van der Waals surface area contributed by atoms with Crippen LogP contribution in [0, 0.1) is 5.82 Å². The summed E-state index contributed by atoms with van der Waals surface area (Å²) in [4.78, 5) is 12.1. The number of sulfonamides is 1. The maximum atomic E-state index is 13.6. The van der Waals surface area contributed by atoms with Gasteiger partial charge in [0.2, 0.25) is 15.8 Å². The molecule has 1 saturated heterocycles. The standard InChI is InChI=1S/C19H20FN5O5S/c1-28-16-3-2-13(20)10-17(16)31(26,27)25-8-4-14(5-9-25)29-12-18-23-19(24-30-18)15-11-21-6-7-22-15/h2-3,6-7,10-11,14H,4-5,8-9,12H2,1H3. The predicted molar refractivity (Wildman–Crippen MR) is 105 cm³/mol. The van der Waals surface area contributed by atoms with E-state index < -0.39 is 15.8 Å². The first-order valence-corrected chi connectivity index (χ1v) is 11.0. The Morgan fingerprint density at radius 3 is 2.77 bits per heavy atom. The molecular formula is C19H20FN5O5S. The van der Waals surface area contributed by atoms with E-state index in [0.717, 1.165) is 12.1 Å². The van der Waals surface area contributed by atoms with E-state index in [2.05, 4.69) is 20.1 Å². The number of ether oxygens (including phenoxy) is 2. The van der Waals surface area contributed by atoms with E-state index in [-0.39, 0.29) is 36.4 Å². The third-order valence-electron chi connectivity index (χ3n) is 4.85. The summed E-state index contributed by atoms with van der Waals surface area (Å²) in [6.45, 7) is 0.575. The summed E-state index contributed by atoms with van der Waals surface area (Å²) >= 11 is 0. The highest BCUT2D eigenvalue weighted by Gasteiger charge is 2.32. The Morgan fingerprint density at radius 1 is 1.26 bits per heavy atom. The number of rotatable bonds is 7. The average molecular weight is 449 g/mol.